The molecule has 0 saturated carbocycles. The monoisotopic (exact) mass is 639 g/mol. The summed E-state index contributed by atoms with van der Waals surface area (Å²) in [4.78, 5) is 45.9. The molecule has 1 saturated heterocycles. The van der Waals surface area contributed by atoms with Crippen molar-refractivity contribution in [1.29, 1.82) is 0 Å². The van der Waals surface area contributed by atoms with Crippen molar-refractivity contribution in [3.8, 4) is 5.75 Å². The number of benzene rings is 3. The van der Waals surface area contributed by atoms with Crippen molar-refractivity contribution in [3.63, 3.8) is 0 Å². The first kappa shape index (κ1) is 28.6. The van der Waals surface area contributed by atoms with E-state index in [-0.39, 0.29) is 35.8 Å². The van der Waals surface area contributed by atoms with Gasteiger partial charge in [0, 0.05) is 28.7 Å². The predicted molar refractivity (Wildman–Crippen MR) is 158 cm³/mol. The summed E-state index contributed by atoms with van der Waals surface area (Å²) in [5.74, 6) is 0.254. The summed E-state index contributed by atoms with van der Waals surface area (Å²) in [7, 11) is 0. The normalized spacial score (nSPS) is 18.8. The van der Waals surface area contributed by atoms with Crippen LogP contribution in [0.5, 0.6) is 5.75 Å². The average Bonchev–Trinajstić information content (AvgIpc) is 3.33. The van der Waals surface area contributed by atoms with E-state index in [0.29, 0.717) is 23.7 Å². The Balaban J connectivity index is 1.74. The van der Waals surface area contributed by atoms with Crippen LogP contribution in [0.2, 0.25) is 5.02 Å². The van der Waals surface area contributed by atoms with Crippen molar-refractivity contribution >= 4 is 51.0 Å². The molecule has 1 N–H and O–H groups in total. The summed E-state index contributed by atoms with van der Waals surface area (Å²) in [6.07, 6.45) is -0.307. The number of piperazine rings is 1. The lowest BCUT2D eigenvalue weighted by atomic mass is 9.93. The Morgan fingerprint density at radius 2 is 1.90 bits per heavy atom. The van der Waals surface area contributed by atoms with Crippen LogP contribution in [0.3, 0.4) is 0 Å². The van der Waals surface area contributed by atoms with Gasteiger partial charge in [0.25, 0.3) is 5.69 Å². The minimum Gasteiger partial charge on any atom is -0.490 e. The molecule has 2 aliphatic heterocycles. The quantitative estimate of drug-likeness (QED) is 0.266. The Labute approximate surface area is 250 Å². The summed E-state index contributed by atoms with van der Waals surface area (Å²) in [5, 5.41) is 14.9. The molecular weight excluding hydrogens is 614 g/mol. The molecule has 1 fully saturated rings. The van der Waals surface area contributed by atoms with Crippen LogP contribution in [0.4, 0.5) is 10.5 Å². The summed E-state index contributed by atoms with van der Waals surface area (Å²) < 4.78 is 6.84. The largest absolute Gasteiger partial charge is 0.490 e. The molecule has 2 aliphatic rings. The lowest BCUT2D eigenvalue weighted by molar-refractivity contribution is -0.384. The minimum absolute atomic E-state index is 0.106. The highest BCUT2D eigenvalue weighted by atomic mass is 79.9. The highest BCUT2D eigenvalue weighted by Crippen LogP contribution is 2.47. The Morgan fingerprint density at radius 1 is 1.17 bits per heavy atom. The highest BCUT2D eigenvalue weighted by molar-refractivity contribution is 9.10. The molecular formula is C29H27BrClN5O5. The molecule has 5 rings (SSSR count). The second kappa shape index (κ2) is 11.9. The summed E-state index contributed by atoms with van der Waals surface area (Å²) >= 11 is 9.88. The van der Waals surface area contributed by atoms with E-state index in [9.17, 15) is 19.7 Å². The molecule has 3 aromatic rings. The number of hydrogen-bond acceptors (Lipinski definition) is 6. The molecule has 0 aromatic heterocycles. The zero-order chi connectivity index (χ0) is 29.3. The first-order valence-electron chi connectivity index (χ1n) is 13.0. The number of carbonyl (C=O) groups excluding carboxylic acids is 2. The number of nitro groups is 1. The number of amidine groups is 1. The molecule has 2 atom stereocenters. The first-order valence-corrected chi connectivity index (χ1v) is 14.2. The van der Waals surface area contributed by atoms with E-state index >= 15 is 0 Å². The Bertz CT molecular complexity index is 1530. The smallest absolute Gasteiger partial charge is 0.326 e. The molecule has 12 heteroatoms. The van der Waals surface area contributed by atoms with Gasteiger partial charge in [0.15, 0.2) is 0 Å². The molecule has 10 nitrogen and oxygen atoms in total. The fraction of sp³-hybridized carbons (Fsp3) is 0.276. The third-order valence-corrected chi connectivity index (χ3v) is 7.77. The molecule has 0 bridgehead atoms. The zero-order valence-corrected chi connectivity index (χ0v) is 24.6. The second-order valence-electron chi connectivity index (χ2n) is 9.94. The van der Waals surface area contributed by atoms with Crippen LogP contribution < -0.4 is 10.1 Å². The first-order chi connectivity index (χ1) is 19.6. The number of rotatable bonds is 6. The van der Waals surface area contributed by atoms with Gasteiger partial charge in [0.1, 0.15) is 24.2 Å². The molecule has 41 heavy (non-hydrogen) atoms. The van der Waals surface area contributed by atoms with Crippen LogP contribution in [0.25, 0.3) is 0 Å². The van der Waals surface area contributed by atoms with E-state index in [1.165, 1.54) is 17.0 Å². The van der Waals surface area contributed by atoms with Gasteiger partial charge < -0.3 is 15.0 Å². The lowest BCUT2D eigenvalue weighted by Gasteiger charge is -2.36. The van der Waals surface area contributed by atoms with Crippen LogP contribution in [0.1, 0.15) is 42.6 Å². The zero-order valence-electron chi connectivity index (χ0n) is 22.3. The number of nitrogens with zero attached hydrogens (tertiary/aromatic N) is 4. The van der Waals surface area contributed by atoms with Crippen molar-refractivity contribution in [1.82, 2.24) is 15.1 Å². The highest BCUT2D eigenvalue weighted by Gasteiger charge is 2.45. The molecule has 0 unspecified atom stereocenters. The summed E-state index contributed by atoms with van der Waals surface area (Å²) in [6, 6.07) is 17.5. The van der Waals surface area contributed by atoms with E-state index in [1.54, 1.807) is 23.1 Å². The number of ether oxygens (including phenoxy) is 1. The van der Waals surface area contributed by atoms with E-state index in [1.807, 2.05) is 50.2 Å². The maximum Gasteiger partial charge on any atom is 0.326 e. The number of hydrogen-bond donors (Lipinski definition) is 1. The van der Waals surface area contributed by atoms with E-state index in [2.05, 4.69) is 21.2 Å². The summed E-state index contributed by atoms with van der Waals surface area (Å²) in [6.45, 7) is 4.16. The number of nitrogens with one attached hydrogen (secondary N) is 1. The lowest BCUT2D eigenvalue weighted by Crippen LogP contribution is -2.55. The number of non-ortho nitro benzene ring substituents is 1. The van der Waals surface area contributed by atoms with Crippen LogP contribution in [-0.4, -0.2) is 58.2 Å². The topological polar surface area (TPSA) is 117 Å². The minimum atomic E-state index is -0.624. The van der Waals surface area contributed by atoms with Gasteiger partial charge in [-0.05, 0) is 49.2 Å². The van der Waals surface area contributed by atoms with E-state index in [0.717, 1.165) is 15.6 Å². The van der Waals surface area contributed by atoms with Gasteiger partial charge in [-0.1, -0.05) is 57.9 Å². The van der Waals surface area contributed by atoms with Gasteiger partial charge in [-0.2, -0.15) is 0 Å². The fourth-order valence-electron chi connectivity index (χ4n) is 5.01. The van der Waals surface area contributed by atoms with Gasteiger partial charge in [-0.25, -0.2) is 4.79 Å². The average molecular weight is 641 g/mol. The Kier molecular flexibility index (Phi) is 8.27. The molecule has 3 amide bonds. The van der Waals surface area contributed by atoms with E-state index in [4.69, 9.17) is 21.3 Å². The SMILES string of the molecule is CC(C)Oc1cc([N+](=O)[O-])ccc1C1=N[C@@H](c2ccccc2Br)[C@@H](c2ccc(Cl)cc2)N1C(=O)N1CCNC(=O)C1. The van der Waals surface area contributed by atoms with Crippen molar-refractivity contribution in [2.45, 2.75) is 32.0 Å². The van der Waals surface area contributed by atoms with E-state index < -0.39 is 23.0 Å². The number of amides is 3. The fourth-order valence-corrected chi connectivity index (χ4v) is 5.65. The molecule has 0 spiro atoms. The predicted octanol–water partition coefficient (Wildman–Crippen LogP) is 5.89. The number of nitro benzene ring substituents is 1. The number of carbonyl (C=O) groups is 2. The van der Waals surface area contributed by atoms with Crippen LogP contribution in [-0.2, 0) is 4.79 Å². The van der Waals surface area contributed by atoms with Crippen LogP contribution in [0, 0.1) is 10.1 Å². The molecule has 3 aromatic carbocycles. The number of halogens is 2. The van der Waals surface area contributed by atoms with Crippen molar-refractivity contribution < 1.29 is 19.2 Å². The van der Waals surface area contributed by atoms with Gasteiger partial charge in [0.05, 0.1) is 28.7 Å². The Morgan fingerprint density at radius 3 is 2.56 bits per heavy atom. The third-order valence-electron chi connectivity index (χ3n) is 6.80. The maximum absolute atomic E-state index is 14.4. The van der Waals surface area contributed by atoms with Crippen molar-refractivity contribution in [2.75, 3.05) is 19.6 Å². The molecule has 2 heterocycles. The molecule has 0 aliphatic carbocycles. The van der Waals surface area contributed by atoms with Crippen LogP contribution >= 0.6 is 27.5 Å². The third kappa shape index (κ3) is 5.91. The molecule has 0 radical (unpaired) electrons. The Hall–Kier alpha value is -3.96. The van der Waals surface area contributed by atoms with Gasteiger partial charge >= 0.3 is 6.03 Å². The maximum atomic E-state index is 14.4. The standard InChI is InChI=1S/C29H27BrClN5O5/c1-17(2)41-24-15-20(36(39)40)11-12-22(24)28-33-26(21-5-3-4-6-23(21)30)27(18-7-9-19(31)10-8-18)35(28)29(38)34-14-13-32-25(37)16-34/h3-12,15,17,26-27H,13-14,16H2,1-2H3,(H,32,37)/t26-,27+/m0/s1. The van der Waals surface area contributed by atoms with Crippen molar-refractivity contribution in [3.05, 3.63) is 103 Å². The van der Waals surface area contributed by atoms with Gasteiger partial charge in [-0.3, -0.25) is 24.8 Å². The second-order valence-corrected chi connectivity index (χ2v) is 11.2. The van der Waals surface area contributed by atoms with Gasteiger partial charge in [0.2, 0.25) is 5.91 Å². The molecule has 212 valence electrons. The number of aliphatic imine (C=N–C) groups is 1. The van der Waals surface area contributed by atoms with Gasteiger partial charge in [-0.15, -0.1) is 0 Å². The van der Waals surface area contributed by atoms with Crippen molar-refractivity contribution in [2.24, 2.45) is 4.99 Å². The number of urea groups is 1. The van der Waals surface area contributed by atoms with Crippen LogP contribution in [0.15, 0.2) is 76.2 Å². The summed E-state index contributed by atoms with van der Waals surface area (Å²) in [5.41, 5.74) is 1.89.